The van der Waals surface area contributed by atoms with E-state index in [1.165, 1.54) is 29.1 Å². The summed E-state index contributed by atoms with van der Waals surface area (Å²) in [7, 11) is 0. The molecule has 21 heavy (non-hydrogen) atoms. The Hall–Kier alpha value is -1.57. The van der Waals surface area contributed by atoms with Gasteiger partial charge in [0.2, 0.25) is 0 Å². The first kappa shape index (κ1) is 14.4. The highest BCUT2D eigenvalue weighted by Crippen LogP contribution is 2.25. The van der Waals surface area contributed by atoms with Gasteiger partial charge in [-0.1, -0.05) is 11.8 Å². The highest BCUT2D eigenvalue weighted by molar-refractivity contribution is 7.10. The third-order valence-corrected chi connectivity index (χ3v) is 4.84. The van der Waals surface area contributed by atoms with Crippen molar-refractivity contribution in [2.75, 3.05) is 6.61 Å². The van der Waals surface area contributed by atoms with Crippen LogP contribution in [0.25, 0.3) is 0 Å². The number of nitrogens with zero attached hydrogens (tertiary/aromatic N) is 2. The van der Waals surface area contributed by atoms with Gasteiger partial charge in [-0.05, 0) is 44.1 Å². The van der Waals surface area contributed by atoms with Gasteiger partial charge in [0.05, 0.1) is 18.8 Å². The van der Waals surface area contributed by atoms with Gasteiger partial charge in [0.15, 0.2) is 0 Å². The molecule has 1 N–H and O–H groups in total. The van der Waals surface area contributed by atoms with Crippen molar-refractivity contribution in [2.45, 2.75) is 45.6 Å². The third kappa shape index (κ3) is 3.04. The summed E-state index contributed by atoms with van der Waals surface area (Å²) in [6, 6.07) is 2.07. The van der Waals surface area contributed by atoms with Crippen molar-refractivity contribution < 1.29 is 5.11 Å². The highest BCUT2D eigenvalue weighted by atomic mass is 32.1. The molecule has 110 valence electrons. The number of hydrogen-bond donors (Lipinski definition) is 1. The molecule has 1 aliphatic carbocycles. The van der Waals surface area contributed by atoms with Crippen LogP contribution in [0, 0.1) is 18.8 Å². The smallest absolute Gasteiger partial charge is 0.106 e. The van der Waals surface area contributed by atoms with Crippen LogP contribution < -0.4 is 0 Å². The Morgan fingerprint density at radius 2 is 2.24 bits per heavy atom. The number of aliphatic hydroxyl groups is 1. The average molecular weight is 300 g/mol. The van der Waals surface area contributed by atoms with E-state index in [2.05, 4.69) is 34.8 Å². The maximum atomic E-state index is 8.83. The first-order valence-corrected chi connectivity index (χ1v) is 8.38. The quantitative estimate of drug-likeness (QED) is 0.885. The van der Waals surface area contributed by atoms with Crippen molar-refractivity contribution in [2.24, 2.45) is 0 Å². The van der Waals surface area contributed by atoms with Crippen LogP contribution in [0.15, 0.2) is 11.4 Å². The van der Waals surface area contributed by atoms with E-state index in [0.29, 0.717) is 6.42 Å². The van der Waals surface area contributed by atoms with E-state index in [1.54, 1.807) is 11.3 Å². The zero-order valence-electron chi connectivity index (χ0n) is 12.4. The van der Waals surface area contributed by atoms with E-state index in [0.717, 1.165) is 30.8 Å². The summed E-state index contributed by atoms with van der Waals surface area (Å²) in [6.07, 6.45) is 5.34. The molecule has 0 aliphatic heterocycles. The minimum Gasteiger partial charge on any atom is -0.395 e. The van der Waals surface area contributed by atoms with Crippen LogP contribution in [-0.4, -0.2) is 21.3 Å². The molecule has 3 rings (SSSR count). The van der Waals surface area contributed by atoms with Crippen LogP contribution in [0.3, 0.4) is 0 Å². The molecular formula is C17H20N2OS. The molecule has 4 heteroatoms. The van der Waals surface area contributed by atoms with E-state index in [9.17, 15) is 0 Å². The topological polar surface area (TPSA) is 38.0 Å². The summed E-state index contributed by atoms with van der Waals surface area (Å²) < 4.78 is 2.36. The molecule has 2 aromatic heterocycles. The lowest BCUT2D eigenvalue weighted by Gasteiger charge is -2.14. The number of aliphatic hydroxyl groups excluding tert-OH is 1. The Bertz CT molecular complexity index is 687. The van der Waals surface area contributed by atoms with Crippen LogP contribution in [0.2, 0.25) is 0 Å². The fraction of sp³-hybridized carbons (Fsp3) is 0.471. The van der Waals surface area contributed by atoms with E-state index < -0.39 is 0 Å². The molecule has 0 spiro atoms. The summed E-state index contributed by atoms with van der Waals surface area (Å²) in [4.78, 5) is 6.02. The molecule has 0 atom stereocenters. The summed E-state index contributed by atoms with van der Waals surface area (Å²) in [5.74, 6) is 7.30. The molecule has 0 unspecified atom stereocenters. The van der Waals surface area contributed by atoms with Gasteiger partial charge in [0.25, 0.3) is 0 Å². The molecule has 0 aromatic carbocycles. The van der Waals surface area contributed by atoms with Gasteiger partial charge in [0.1, 0.15) is 5.82 Å². The van der Waals surface area contributed by atoms with Crippen molar-refractivity contribution in [3.63, 3.8) is 0 Å². The van der Waals surface area contributed by atoms with Gasteiger partial charge in [0, 0.05) is 22.6 Å². The molecule has 0 saturated carbocycles. The Balaban J connectivity index is 1.87. The summed E-state index contributed by atoms with van der Waals surface area (Å²) in [5.41, 5.74) is 3.80. The maximum Gasteiger partial charge on any atom is 0.106 e. The second-order valence-corrected chi connectivity index (χ2v) is 6.38. The minimum absolute atomic E-state index is 0.126. The van der Waals surface area contributed by atoms with Crippen molar-refractivity contribution in [1.29, 1.82) is 0 Å². The number of aromatic nitrogens is 2. The Labute approximate surface area is 129 Å². The lowest BCUT2D eigenvalue weighted by molar-refractivity contribution is 0.305. The molecule has 1 aliphatic rings. The van der Waals surface area contributed by atoms with E-state index in [4.69, 9.17) is 10.1 Å². The SMILES string of the molecule is Cc1nc2c(n1Cc1sccc1C#CCCO)CCCC2. The molecule has 0 fully saturated rings. The van der Waals surface area contributed by atoms with Crippen LogP contribution in [-0.2, 0) is 19.4 Å². The predicted molar refractivity (Wildman–Crippen MR) is 85.6 cm³/mol. The number of imidazole rings is 1. The zero-order valence-corrected chi connectivity index (χ0v) is 13.2. The summed E-state index contributed by atoms with van der Waals surface area (Å²) in [5, 5.41) is 10.9. The normalized spacial score (nSPS) is 13.6. The van der Waals surface area contributed by atoms with Crippen molar-refractivity contribution >= 4 is 11.3 Å². The molecular weight excluding hydrogens is 280 g/mol. The first-order valence-electron chi connectivity index (χ1n) is 7.50. The molecule has 0 radical (unpaired) electrons. The van der Waals surface area contributed by atoms with Gasteiger partial charge in [-0.3, -0.25) is 0 Å². The Morgan fingerprint density at radius 1 is 1.38 bits per heavy atom. The average Bonchev–Trinajstić information content (AvgIpc) is 3.05. The van der Waals surface area contributed by atoms with Gasteiger partial charge in [-0.15, -0.1) is 11.3 Å². The Morgan fingerprint density at radius 3 is 3.10 bits per heavy atom. The van der Waals surface area contributed by atoms with Gasteiger partial charge in [-0.25, -0.2) is 4.98 Å². The lowest BCUT2D eigenvalue weighted by atomic mass is 10.0. The van der Waals surface area contributed by atoms with E-state index in [1.807, 2.05) is 0 Å². The fourth-order valence-corrected chi connectivity index (χ4v) is 3.70. The van der Waals surface area contributed by atoms with Gasteiger partial charge < -0.3 is 9.67 Å². The molecule has 0 bridgehead atoms. The van der Waals surface area contributed by atoms with Crippen molar-refractivity contribution in [3.05, 3.63) is 39.1 Å². The van der Waals surface area contributed by atoms with Crippen LogP contribution in [0.1, 0.15) is 46.9 Å². The number of fused-ring (bicyclic) bond motifs is 1. The van der Waals surface area contributed by atoms with E-state index in [-0.39, 0.29) is 6.61 Å². The predicted octanol–water partition coefficient (Wildman–Crippen LogP) is 2.91. The molecule has 3 nitrogen and oxygen atoms in total. The van der Waals surface area contributed by atoms with Crippen LogP contribution >= 0.6 is 11.3 Å². The van der Waals surface area contributed by atoms with E-state index >= 15 is 0 Å². The number of thiophene rings is 1. The molecule has 2 heterocycles. The maximum absolute atomic E-state index is 8.83. The monoisotopic (exact) mass is 300 g/mol. The third-order valence-electron chi connectivity index (χ3n) is 3.93. The number of aryl methyl sites for hydroxylation is 2. The number of hydrogen-bond acceptors (Lipinski definition) is 3. The zero-order chi connectivity index (χ0) is 14.7. The fourth-order valence-electron chi connectivity index (χ4n) is 2.88. The second-order valence-electron chi connectivity index (χ2n) is 5.38. The van der Waals surface area contributed by atoms with Crippen LogP contribution in [0.5, 0.6) is 0 Å². The summed E-state index contributed by atoms with van der Waals surface area (Å²) in [6.45, 7) is 3.10. The number of rotatable bonds is 3. The van der Waals surface area contributed by atoms with Crippen LogP contribution in [0.4, 0.5) is 0 Å². The standard InChI is InChI=1S/C17H20N2OS/c1-13-18-15-7-2-3-8-16(15)19(13)12-17-14(9-11-21-17)6-4-5-10-20/h9,11,20H,2-3,5,7-8,10,12H2,1H3. The molecule has 2 aromatic rings. The lowest BCUT2D eigenvalue weighted by Crippen LogP contribution is -2.10. The summed E-state index contributed by atoms with van der Waals surface area (Å²) >= 11 is 1.75. The molecule has 0 amide bonds. The highest BCUT2D eigenvalue weighted by Gasteiger charge is 2.18. The minimum atomic E-state index is 0.126. The molecule has 0 saturated heterocycles. The largest absolute Gasteiger partial charge is 0.395 e. The van der Waals surface area contributed by atoms with Gasteiger partial charge >= 0.3 is 0 Å². The van der Waals surface area contributed by atoms with Crippen molar-refractivity contribution in [3.8, 4) is 11.8 Å². The second kappa shape index (κ2) is 6.46. The van der Waals surface area contributed by atoms with Crippen molar-refractivity contribution in [1.82, 2.24) is 9.55 Å². The Kier molecular flexibility index (Phi) is 4.42. The first-order chi connectivity index (χ1) is 10.3. The van der Waals surface area contributed by atoms with Gasteiger partial charge in [-0.2, -0.15) is 0 Å².